The quantitative estimate of drug-likeness (QED) is 0.834. The van der Waals surface area contributed by atoms with Gasteiger partial charge in [-0.15, -0.1) is 12.4 Å². The number of hydrogen-bond acceptors (Lipinski definition) is 1. The predicted octanol–water partition coefficient (Wildman–Crippen LogP) is 3.19. The average Bonchev–Trinajstić information content (AvgIpc) is 2.10. The molecule has 0 amide bonds. The van der Waals surface area contributed by atoms with Gasteiger partial charge in [0.25, 0.3) is 0 Å². The molecule has 80 valence electrons. The number of hydrogen-bond donors (Lipinski definition) is 1. The van der Waals surface area contributed by atoms with E-state index in [0.29, 0.717) is 5.56 Å². The van der Waals surface area contributed by atoms with Gasteiger partial charge in [-0.05, 0) is 24.1 Å². The van der Waals surface area contributed by atoms with E-state index in [0.717, 1.165) is 25.0 Å². The number of nitrogens with two attached hydrogens (primary N) is 1. The molecule has 0 aromatic heterocycles. The Kier molecular flexibility index (Phi) is 5.65. The normalized spacial score (nSPS) is 12.0. The first-order chi connectivity index (χ1) is 6.15. The minimum atomic E-state index is -0.830. The van der Waals surface area contributed by atoms with Crippen LogP contribution in [0.3, 0.4) is 0 Å². The minimum absolute atomic E-state index is 0. The van der Waals surface area contributed by atoms with E-state index in [4.69, 9.17) is 5.73 Å². The maximum absolute atomic E-state index is 12.7. The molecule has 0 aliphatic rings. The highest BCUT2D eigenvalue weighted by Gasteiger charge is 2.08. The van der Waals surface area contributed by atoms with Crippen LogP contribution >= 0.6 is 12.4 Å². The molecule has 1 aromatic carbocycles. The van der Waals surface area contributed by atoms with Crippen molar-refractivity contribution in [2.75, 3.05) is 0 Å². The first-order valence-corrected chi connectivity index (χ1v) is 4.35. The molecule has 0 spiro atoms. The van der Waals surface area contributed by atoms with E-state index >= 15 is 0 Å². The molecule has 2 N–H and O–H groups in total. The van der Waals surface area contributed by atoms with Gasteiger partial charge in [-0.25, -0.2) is 8.78 Å². The maximum Gasteiger partial charge on any atom is 0.159 e. The third kappa shape index (κ3) is 3.24. The highest BCUT2D eigenvalue weighted by molar-refractivity contribution is 5.85. The van der Waals surface area contributed by atoms with E-state index in [1.807, 2.05) is 6.92 Å². The SMILES string of the molecule is CCCC(N)c1ccc(F)c(F)c1.Cl. The van der Waals surface area contributed by atoms with Crippen LogP contribution < -0.4 is 5.73 Å². The lowest BCUT2D eigenvalue weighted by molar-refractivity contribution is 0.504. The molecule has 0 bridgehead atoms. The first-order valence-electron chi connectivity index (χ1n) is 4.35. The third-order valence-electron chi connectivity index (χ3n) is 1.97. The second-order valence-corrected chi connectivity index (χ2v) is 3.07. The van der Waals surface area contributed by atoms with Crippen molar-refractivity contribution in [1.29, 1.82) is 0 Å². The van der Waals surface area contributed by atoms with Crippen molar-refractivity contribution >= 4 is 12.4 Å². The number of rotatable bonds is 3. The minimum Gasteiger partial charge on any atom is -0.324 e. The lowest BCUT2D eigenvalue weighted by atomic mass is 10.0. The molecule has 0 heterocycles. The van der Waals surface area contributed by atoms with Crippen molar-refractivity contribution < 1.29 is 8.78 Å². The lowest BCUT2D eigenvalue weighted by Gasteiger charge is -2.10. The zero-order valence-corrected chi connectivity index (χ0v) is 8.78. The maximum atomic E-state index is 12.7. The second-order valence-electron chi connectivity index (χ2n) is 3.07. The standard InChI is InChI=1S/C10H13F2N.ClH/c1-2-3-10(13)7-4-5-8(11)9(12)6-7;/h4-6,10H,2-3,13H2,1H3;1H. The molecule has 1 atom stereocenters. The van der Waals surface area contributed by atoms with Crippen LogP contribution in [0.4, 0.5) is 8.78 Å². The Labute approximate surface area is 88.7 Å². The molecular formula is C10H14ClF2N. The van der Waals surface area contributed by atoms with Crippen molar-refractivity contribution in [2.24, 2.45) is 5.73 Å². The zero-order valence-electron chi connectivity index (χ0n) is 7.97. The van der Waals surface area contributed by atoms with E-state index < -0.39 is 11.6 Å². The summed E-state index contributed by atoms with van der Waals surface area (Å²) in [5.74, 6) is -1.66. The topological polar surface area (TPSA) is 26.0 Å². The number of halogens is 3. The lowest BCUT2D eigenvalue weighted by Crippen LogP contribution is -2.10. The molecule has 1 unspecified atom stereocenters. The number of benzene rings is 1. The average molecular weight is 222 g/mol. The van der Waals surface area contributed by atoms with Crippen LogP contribution in [0.5, 0.6) is 0 Å². The summed E-state index contributed by atoms with van der Waals surface area (Å²) in [5.41, 5.74) is 6.39. The van der Waals surface area contributed by atoms with Crippen LogP contribution in [0.2, 0.25) is 0 Å². The van der Waals surface area contributed by atoms with Gasteiger partial charge < -0.3 is 5.73 Å². The van der Waals surface area contributed by atoms with Gasteiger partial charge in [0.15, 0.2) is 11.6 Å². The molecule has 0 aliphatic heterocycles. The molecule has 0 fully saturated rings. The Bertz CT molecular complexity index is 291. The molecule has 0 saturated heterocycles. The molecular weight excluding hydrogens is 208 g/mol. The van der Waals surface area contributed by atoms with Crippen LogP contribution in [0.25, 0.3) is 0 Å². The fourth-order valence-corrected chi connectivity index (χ4v) is 1.22. The Morgan fingerprint density at radius 1 is 1.29 bits per heavy atom. The van der Waals surface area contributed by atoms with Crippen LogP contribution in [0.15, 0.2) is 18.2 Å². The summed E-state index contributed by atoms with van der Waals surface area (Å²) in [6, 6.07) is 3.61. The zero-order chi connectivity index (χ0) is 9.84. The van der Waals surface area contributed by atoms with Gasteiger partial charge in [0.05, 0.1) is 0 Å². The third-order valence-corrected chi connectivity index (χ3v) is 1.97. The fraction of sp³-hybridized carbons (Fsp3) is 0.400. The van der Waals surface area contributed by atoms with Gasteiger partial charge in [-0.1, -0.05) is 19.4 Å². The summed E-state index contributed by atoms with van der Waals surface area (Å²) < 4.78 is 25.3. The van der Waals surface area contributed by atoms with Crippen LogP contribution in [-0.4, -0.2) is 0 Å². The molecule has 14 heavy (non-hydrogen) atoms. The van der Waals surface area contributed by atoms with Crippen LogP contribution in [0, 0.1) is 11.6 Å². The highest BCUT2D eigenvalue weighted by atomic mass is 35.5. The molecule has 1 aromatic rings. The van der Waals surface area contributed by atoms with Crippen molar-refractivity contribution in [2.45, 2.75) is 25.8 Å². The largest absolute Gasteiger partial charge is 0.324 e. The molecule has 0 radical (unpaired) electrons. The highest BCUT2D eigenvalue weighted by Crippen LogP contribution is 2.17. The smallest absolute Gasteiger partial charge is 0.159 e. The van der Waals surface area contributed by atoms with Crippen LogP contribution in [-0.2, 0) is 0 Å². The van der Waals surface area contributed by atoms with Gasteiger partial charge in [0.2, 0.25) is 0 Å². The first kappa shape index (κ1) is 13.3. The van der Waals surface area contributed by atoms with Crippen molar-refractivity contribution in [3.8, 4) is 0 Å². The van der Waals surface area contributed by atoms with E-state index in [9.17, 15) is 8.78 Å². The van der Waals surface area contributed by atoms with Gasteiger partial charge in [0, 0.05) is 6.04 Å². The van der Waals surface area contributed by atoms with Gasteiger partial charge in [0.1, 0.15) is 0 Å². The van der Waals surface area contributed by atoms with Gasteiger partial charge in [-0.2, -0.15) is 0 Å². The monoisotopic (exact) mass is 221 g/mol. The van der Waals surface area contributed by atoms with E-state index in [2.05, 4.69) is 0 Å². The molecule has 1 rings (SSSR count). The fourth-order valence-electron chi connectivity index (χ4n) is 1.22. The summed E-state index contributed by atoms with van der Waals surface area (Å²) in [5, 5.41) is 0. The Morgan fingerprint density at radius 2 is 1.93 bits per heavy atom. The van der Waals surface area contributed by atoms with Gasteiger partial charge in [-0.3, -0.25) is 0 Å². The van der Waals surface area contributed by atoms with E-state index in [1.54, 1.807) is 0 Å². The van der Waals surface area contributed by atoms with Gasteiger partial charge >= 0.3 is 0 Å². The summed E-state index contributed by atoms with van der Waals surface area (Å²) >= 11 is 0. The van der Waals surface area contributed by atoms with Crippen molar-refractivity contribution in [3.63, 3.8) is 0 Å². The molecule has 4 heteroatoms. The van der Waals surface area contributed by atoms with E-state index in [1.165, 1.54) is 6.07 Å². The molecule has 0 saturated carbocycles. The summed E-state index contributed by atoms with van der Waals surface area (Å²) in [4.78, 5) is 0. The molecule has 0 aliphatic carbocycles. The summed E-state index contributed by atoms with van der Waals surface area (Å²) in [7, 11) is 0. The Hall–Kier alpha value is -0.670. The summed E-state index contributed by atoms with van der Waals surface area (Å²) in [6.45, 7) is 2.00. The molecule has 1 nitrogen and oxygen atoms in total. The summed E-state index contributed by atoms with van der Waals surface area (Å²) in [6.07, 6.45) is 1.71. The van der Waals surface area contributed by atoms with Crippen LogP contribution in [0.1, 0.15) is 31.4 Å². The second kappa shape index (κ2) is 5.94. The Balaban J connectivity index is 0.00000169. The van der Waals surface area contributed by atoms with Crippen molar-refractivity contribution in [3.05, 3.63) is 35.4 Å². The Morgan fingerprint density at radius 3 is 2.43 bits per heavy atom. The van der Waals surface area contributed by atoms with E-state index in [-0.39, 0.29) is 18.4 Å². The van der Waals surface area contributed by atoms with Crippen molar-refractivity contribution in [1.82, 2.24) is 0 Å². The predicted molar refractivity (Wildman–Crippen MR) is 55.4 cm³/mol.